The summed E-state index contributed by atoms with van der Waals surface area (Å²) < 4.78 is 5.29. The Kier molecular flexibility index (Phi) is 8.47. The minimum atomic E-state index is -0.647. The first-order chi connectivity index (χ1) is 15.7. The molecule has 33 heavy (non-hydrogen) atoms. The Labute approximate surface area is 202 Å². The van der Waals surface area contributed by atoms with Crippen molar-refractivity contribution >= 4 is 45.7 Å². The van der Waals surface area contributed by atoms with Gasteiger partial charge in [-0.1, -0.05) is 29.8 Å². The summed E-state index contributed by atoms with van der Waals surface area (Å²) in [6, 6.07) is 7.80. The quantitative estimate of drug-likeness (QED) is 0.548. The Hall–Kier alpha value is -2.46. The van der Waals surface area contributed by atoms with Gasteiger partial charge >= 0.3 is 5.97 Å². The molecule has 3 N–H and O–H groups in total. The van der Waals surface area contributed by atoms with Gasteiger partial charge < -0.3 is 15.8 Å². The van der Waals surface area contributed by atoms with Gasteiger partial charge in [-0.15, -0.1) is 11.3 Å². The van der Waals surface area contributed by atoms with Crippen molar-refractivity contribution in [3.8, 4) is 0 Å². The molecular formula is C23H29ClN4O4S. The van der Waals surface area contributed by atoms with Crippen molar-refractivity contribution in [3.05, 3.63) is 50.9 Å². The van der Waals surface area contributed by atoms with Crippen LogP contribution in [0.4, 0.5) is 5.00 Å². The summed E-state index contributed by atoms with van der Waals surface area (Å²) in [6.07, 6.45) is -0.334. The number of rotatable bonds is 8. The van der Waals surface area contributed by atoms with Crippen LogP contribution in [0.3, 0.4) is 0 Å². The maximum atomic E-state index is 12.7. The number of nitrogens with one attached hydrogen (secondary N) is 1. The summed E-state index contributed by atoms with van der Waals surface area (Å²) in [5, 5.41) is 3.83. The Morgan fingerprint density at radius 3 is 2.39 bits per heavy atom. The van der Waals surface area contributed by atoms with Gasteiger partial charge in [0.05, 0.1) is 23.1 Å². The fourth-order valence-corrected chi connectivity index (χ4v) is 4.96. The van der Waals surface area contributed by atoms with E-state index in [0.717, 1.165) is 54.6 Å². The van der Waals surface area contributed by atoms with Crippen molar-refractivity contribution in [3.63, 3.8) is 0 Å². The SMILES string of the molecule is Cc1c(C(N)=O)sc(NC(=O)CN2CCN(Cc3ccccc3Cl)CC2)c1C(=O)OC(C)C. The second-order valence-electron chi connectivity index (χ2n) is 8.27. The van der Waals surface area contributed by atoms with Gasteiger partial charge in [-0.05, 0) is 38.0 Å². The van der Waals surface area contributed by atoms with E-state index < -0.39 is 11.9 Å². The molecule has 1 aliphatic heterocycles. The lowest BCUT2D eigenvalue weighted by atomic mass is 10.1. The average Bonchev–Trinajstić information content (AvgIpc) is 3.06. The molecule has 178 valence electrons. The summed E-state index contributed by atoms with van der Waals surface area (Å²) in [5.41, 5.74) is 7.13. The number of ether oxygens (including phenoxy) is 1. The van der Waals surface area contributed by atoms with Crippen molar-refractivity contribution < 1.29 is 19.1 Å². The first kappa shape index (κ1) is 25.2. The lowest BCUT2D eigenvalue weighted by Gasteiger charge is -2.34. The summed E-state index contributed by atoms with van der Waals surface area (Å²) in [5.74, 6) is -1.49. The lowest BCUT2D eigenvalue weighted by molar-refractivity contribution is -0.117. The highest BCUT2D eigenvalue weighted by Gasteiger charge is 2.27. The van der Waals surface area contributed by atoms with Crippen LogP contribution in [0.2, 0.25) is 5.02 Å². The van der Waals surface area contributed by atoms with Gasteiger partial charge in [0.25, 0.3) is 5.91 Å². The molecule has 1 fully saturated rings. The van der Waals surface area contributed by atoms with E-state index in [9.17, 15) is 14.4 Å². The zero-order valence-corrected chi connectivity index (χ0v) is 20.6. The fraction of sp³-hybridized carbons (Fsp3) is 0.435. The van der Waals surface area contributed by atoms with Crippen molar-refractivity contribution in [2.45, 2.75) is 33.4 Å². The Morgan fingerprint density at radius 2 is 1.79 bits per heavy atom. The van der Waals surface area contributed by atoms with E-state index in [1.165, 1.54) is 0 Å². The number of carbonyl (C=O) groups is 3. The Balaban J connectivity index is 1.60. The number of thiophene rings is 1. The predicted molar refractivity (Wildman–Crippen MR) is 130 cm³/mol. The van der Waals surface area contributed by atoms with E-state index >= 15 is 0 Å². The molecule has 0 atom stereocenters. The number of primary amides is 1. The number of benzene rings is 1. The van der Waals surface area contributed by atoms with Crippen molar-refractivity contribution in [1.82, 2.24) is 9.80 Å². The minimum absolute atomic E-state index is 0.181. The summed E-state index contributed by atoms with van der Waals surface area (Å²) in [6.45, 7) is 9.14. The van der Waals surface area contributed by atoms with E-state index in [-0.39, 0.29) is 34.0 Å². The standard InChI is InChI=1S/C23H29ClN4O4S/c1-14(2)32-23(31)19-15(3)20(21(25)30)33-22(19)26-18(29)13-28-10-8-27(9-11-28)12-16-6-4-5-7-17(16)24/h4-7,14H,8-13H2,1-3H3,(H2,25,30)(H,26,29). The van der Waals surface area contributed by atoms with Gasteiger partial charge in [-0.2, -0.15) is 0 Å². The van der Waals surface area contributed by atoms with Gasteiger partial charge in [-0.25, -0.2) is 4.79 Å². The van der Waals surface area contributed by atoms with Crippen LogP contribution in [0.15, 0.2) is 24.3 Å². The largest absolute Gasteiger partial charge is 0.459 e. The second-order valence-corrected chi connectivity index (χ2v) is 9.70. The van der Waals surface area contributed by atoms with E-state index in [4.69, 9.17) is 22.1 Å². The van der Waals surface area contributed by atoms with Gasteiger partial charge in [0.2, 0.25) is 5.91 Å². The number of nitrogens with zero attached hydrogens (tertiary/aromatic N) is 2. The molecule has 1 saturated heterocycles. The fourth-order valence-electron chi connectivity index (χ4n) is 3.70. The van der Waals surface area contributed by atoms with Gasteiger partial charge in [0.1, 0.15) is 5.00 Å². The molecule has 0 saturated carbocycles. The third-order valence-electron chi connectivity index (χ3n) is 5.35. The summed E-state index contributed by atoms with van der Waals surface area (Å²) >= 11 is 7.26. The number of halogens is 1. The molecule has 2 aromatic rings. The monoisotopic (exact) mass is 492 g/mol. The number of anilines is 1. The zero-order chi connectivity index (χ0) is 24.1. The van der Waals surface area contributed by atoms with Crippen LogP contribution >= 0.6 is 22.9 Å². The van der Waals surface area contributed by atoms with Gasteiger partial charge in [0, 0.05) is 37.7 Å². The molecular weight excluding hydrogens is 464 g/mol. The highest BCUT2D eigenvalue weighted by Crippen LogP contribution is 2.33. The Bertz CT molecular complexity index is 1030. The van der Waals surface area contributed by atoms with Gasteiger partial charge in [-0.3, -0.25) is 19.4 Å². The van der Waals surface area contributed by atoms with Crippen molar-refractivity contribution in [2.75, 3.05) is 38.0 Å². The highest BCUT2D eigenvalue weighted by atomic mass is 35.5. The molecule has 1 aromatic heterocycles. The highest BCUT2D eigenvalue weighted by molar-refractivity contribution is 7.18. The van der Waals surface area contributed by atoms with E-state index in [1.807, 2.05) is 24.3 Å². The molecule has 8 nitrogen and oxygen atoms in total. The van der Waals surface area contributed by atoms with Crippen LogP contribution in [0.5, 0.6) is 0 Å². The van der Waals surface area contributed by atoms with Crippen LogP contribution in [0, 0.1) is 6.92 Å². The maximum absolute atomic E-state index is 12.7. The first-order valence-electron chi connectivity index (χ1n) is 10.8. The number of nitrogens with two attached hydrogens (primary N) is 1. The van der Waals surface area contributed by atoms with Gasteiger partial charge in [0.15, 0.2) is 0 Å². The minimum Gasteiger partial charge on any atom is -0.459 e. The molecule has 0 spiro atoms. The number of piperazine rings is 1. The zero-order valence-electron chi connectivity index (χ0n) is 19.0. The summed E-state index contributed by atoms with van der Waals surface area (Å²) in [4.78, 5) is 41.7. The number of hydrogen-bond acceptors (Lipinski definition) is 7. The molecule has 0 bridgehead atoms. The molecule has 2 heterocycles. The molecule has 10 heteroatoms. The number of hydrogen-bond donors (Lipinski definition) is 2. The molecule has 1 aliphatic rings. The van der Waals surface area contributed by atoms with Crippen LogP contribution < -0.4 is 11.1 Å². The number of amides is 2. The normalized spacial score (nSPS) is 14.9. The molecule has 0 unspecified atom stereocenters. The van der Waals surface area contributed by atoms with E-state index in [0.29, 0.717) is 5.56 Å². The van der Waals surface area contributed by atoms with E-state index in [2.05, 4.69) is 15.1 Å². The van der Waals surface area contributed by atoms with Crippen LogP contribution in [-0.2, 0) is 16.1 Å². The second kappa shape index (κ2) is 11.1. The third-order valence-corrected chi connectivity index (χ3v) is 6.94. The number of esters is 1. The summed E-state index contributed by atoms with van der Waals surface area (Å²) in [7, 11) is 0. The van der Waals surface area contributed by atoms with Crippen molar-refractivity contribution in [2.24, 2.45) is 5.73 Å². The smallest absolute Gasteiger partial charge is 0.341 e. The Morgan fingerprint density at radius 1 is 1.15 bits per heavy atom. The third kappa shape index (κ3) is 6.54. The van der Waals surface area contributed by atoms with Crippen LogP contribution in [0.25, 0.3) is 0 Å². The lowest BCUT2D eigenvalue weighted by Crippen LogP contribution is -2.48. The number of carbonyl (C=O) groups excluding carboxylic acids is 3. The van der Waals surface area contributed by atoms with E-state index in [1.54, 1.807) is 20.8 Å². The first-order valence-corrected chi connectivity index (χ1v) is 12.0. The topological polar surface area (TPSA) is 105 Å². The predicted octanol–water partition coefficient (Wildman–Crippen LogP) is 3.13. The maximum Gasteiger partial charge on any atom is 0.341 e. The van der Waals surface area contributed by atoms with Crippen LogP contribution in [0.1, 0.15) is 45.0 Å². The molecule has 0 aliphatic carbocycles. The molecule has 3 rings (SSSR count). The molecule has 0 radical (unpaired) electrons. The molecule has 1 aromatic carbocycles. The average molecular weight is 493 g/mol. The van der Waals surface area contributed by atoms with Crippen molar-refractivity contribution in [1.29, 1.82) is 0 Å². The van der Waals surface area contributed by atoms with Crippen LogP contribution in [-0.4, -0.2) is 66.4 Å². The molecule has 2 amide bonds.